The summed E-state index contributed by atoms with van der Waals surface area (Å²) in [6.45, 7) is 1.67. The van der Waals surface area contributed by atoms with Crippen LogP contribution in [-0.4, -0.2) is 27.2 Å². The highest BCUT2D eigenvalue weighted by Gasteiger charge is 2.39. The number of ether oxygens (including phenoxy) is 1. The highest BCUT2D eigenvalue weighted by molar-refractivity contribution is 5.32. The van der Waals surface area contributed by atoms with Crippen molar-refractivity contribution in [3.63, 3.8) is 0 Å². The molecule has 0 saturated heterocycles. The third-order valence-electron chi connectivity index (χ3n) is 3.76. The molecule has 2 heterocycles. The number of aryl methyl sites for hydroxylation is 2. The number of hydrogen-bond donors (Lipinski definition) is 0. The van der Waals surface area contributed by atoms with Crippen molar-refractivity contribution in [3.05, 3.63) is 34.5 Å². The molecule has 0 aliphatic heterocycles. The largest absolute Gasteiger partial charge is 0.433 e. The molecule has 0 amide bonds. The first-order valence-corrected chi connectivity index (χ1v) is 7.13. The molecule has 0 aromatic carbocycles. The van der Waals surface area contributed by atoms with Gasteiger partial charge in [-0.15, -0.1) is 0 Å². The summed E-state index contributed by atoms with van der Waals surface area (Å²) in [5.74, 6) is 0.573. The van der Waals surface area contributed by atoms with E-state index < -0.39 is 11.9 Å². The smallest absolute Gasteiger partial charge is 0.377 e. The van der Waals surface area contributed by atoms with Crippen LogP contribution in [-0.2, 0) is 30.4 Å². The van der Waals surface area contributed by atoms with Crippen molar-refractivity contribution < 1.29 is 22.4 Å². The molecule has 6 nitrogen and oxygen atoms in total. The molecular formula is C14H15F3N4O2. The fourth-order valence-electron chi connectivity index (χ4n) is 2.80. The second-order valence-corrected chi connectivity index (χ2v) is 5.46. The predicted octanol–water partition coefficient (Wildman–Crippen LogP) is 2.61. The molecule has 1 aliphatic carbocycles. The van der Waals surface area contributed by atoms with Crippen LogP contribution >= 0.6 is 0 Å². The average molecular weight is 328 g/mol. The Bertz CT molecular complexity index is 715. The standard InChI is InChI=1S/C14H15F3N4O2/c1-7-18-10-4-3-8(13-20-11(6-22-2)21-23-13)5-9(10)12(19-7)14(15,16)17/h8H,3-6H2,1-2H3/t8-/m0/s1. The lowest BCUT2D eigenvalue weighted by Gasteiger charge is -2.24. The molecule has 1 aliphatic rings. The number of methoxy groups -OCH3 is 1. The van der Waals surface area contributed by atoms with Gasteiger partial charge in [-0.3, -0.25) is 0 Å². The van der Waals surface area contributed by atoms with Crippen LogP contribution in [0.3, 0.4) is 0 Å². The van der Waals surface area contributed by atoms with E-state index in [2.05, 4.69) is 20.1 Å². The van der Waals surface area contributed by atoms with Gasteiger partial charge in [0.25, 0.3) is 0 Å². The predicted molar refractivity (Wildman–Crippen MR) is 71.5 cm³/mol. The molecule has 0 bridgehead atoms. The molecule has 2 aromatic rings. The van der Waals surface area contributed by atoms with Gasteiger partial charge in [0.15, 0.2) is 11.5 Å². The lowest BCUT2D eigenvalue weighted by molar-refractivity contribution is -0.142. The summed E-state index contributed by atoms with van der Waals surface area (Å²) in [5, 5.41) is 3.76. The van der Waals surface area contributed by atoms with Gasteiger partial charge in [0.2, 0.25) is 5.89 Å². The van der Waals surface area contributed by atoms with Gasteiger partial charge in [-0.1, -0.05) is 5.16 Å². The molecular weight excluding hydrogens is 313 g/mol. The summed E-state index contributed by atoms with van der Waals surface area (Å²) in [5.41, 5.74) is -0.273. The summed E-state index contributed by atoms with van der Waals surface area (Å²) < 4.78 is 49.8. The molecule has 124 valence electrons. The molecule has 3 rings (SSSR count). The number of fused-ring (bicyclic) bond motifs is 1. The number of hydrogen-bond acceptors (Lipinski definition) is 6. The topological polar surface area (TPSA) is 73.9 Å². The summed E-state index contributed by atoms with van der Waals surface area (Å²) in [6, 6.07) is 0. The zero-order chi connectivity index (χ0) is 16.6. The third-order valence-corrected chi connectivity index (χ3v) is 3.76. The van der Waals surface area contributed by atoms with E-state index in [1.165, 1.54) is 14.0 Å². The Morgan fingerprint density at radius 1 is 1.26 bits per heavy atom. The fourth-order valence-corrected chi connectivity index (χ4v) is 2.80. The van der Waals surface area contributed by atoms with Crippen LogP contribution < -0.4 is 0 Å². The van der Waals surface area contributed by atoms with Crippen molar-refractivity contribution in [1.82, 2.24) is 20.1 Å². The van der Waals surface area contributed by atoms with Crippen LogP contribution in [0.25, 0.3) is 0 Å². The minimum atomic E-state index is -4.50. The van der Waals surface area contributed by atoms with Gasteiger partial charge >= 0.3 is 6.18 Å². The van der Waals surface area contributed by atoms with Crippen LogP contribution in [0, 0.1) is 6.92 Å². The van der Waals surface area contributed by atoms with Crippen LogP contribution in [0.4, 0.5) is 13.2 Å². The van der Waals surface area contributed by atoms with E-state index in [1.54, 1.807) is 0 Å². The maximum Gasteiger partial charge on any atom is 0.433 e. The van der Waals surface area contributed by atoms with E-state index in [0.29, 0.717) is 30.3 Å². The van der Waals surface area contributed by atoms with Crippen molar-refractivity contribution in [2.75, 3.05) is 7.11 Å². The Balaban J connectivity index is 1.93. The normalized spacial score (nSPS) is 18.0. The van der Waals surface area contributed by atoms with Gasteiger partial charge in [0, 0.05) is 24.3 Å². The molecule has 2 aromatic heterocycles. The van der Waals surface area contributed by atoms with Crippen LogP contribution in [0.2, 0.25) is 0 Å². The SMILES string of the molecule is COCc1noc([C@H]2CCc3nc(C)nc(C(F)(F)F)c3C2)n1. The monoisotopic (exact) mass is 328 g/mol. The Morgan fingerprint density at radius 2 is 2.04 bits per heavy atom. The van der Waals surface area contributed by atoms with Crippen molar-refractivity contribution in [3.8, 4) is 0 Å². The number of rotatable bonds is 3. The van der Waals surface area contributed by atoms with Crippen LogP contribution in [0.5, 0.6) is 0 Å². The molecule has 23 heavy (non-hydrogen) atoms. The van der Waals surface area contributed by atoms with Crippen molar-refractivity contribution in [2.24, 2.45) is 0 Å². The quantitative estimate of drug-likeness (QED) is 0.862. The molecule has 0 N–H and O–H groups in total. The maximum absolute atomic E-state index is 13.2. The van der Waals surface area contributed by atoms with Gasteiger partial charge in [0.05, 0.1) is 0 Å². The lowest BCUT2D eigenvalue weighted by atomic mass is 9.85. The number of halogens is 3. The van der Waals surface area contributed by atoms with Crippen LogP contribution in [0.15, 0.2) is 4.52 Å². The van der Waals surface area contributed by atoms with E-state index in [0.717, 1.165) is 0 Å². The highest BCUT2D eigenvalue weighted by atomic mass is 19.4. The first-order valence-electron chi connectivity index (χ1n) is 7.13. The van der Waals surface area contributed by atoms with E-state index in [4.69, 9.17) is 9.26 Å². The van der Waals surface area contributed by atoms with Gasteiger partial charge < -0.3 is 9.26 Å². The second kappa shape index (κ2) is 5.88. The molecule has 0 fully saturated rings. The Kier molecular flexibility index (Phi) is 4.05. The number of nitrogens with zero attached hydrogens (tertiary/aromatic N) is 4. The van der Waals surface area contributed by atoms with Gasteiger partial charge in [-0.2, -0.15) is 18.2 Å². The molecule has 0 radical (unpaired) electrons. The molecule has 0 unspecified atom stereocenters. The third kappa shape index (κ3) is 3.19. The molecule has 9 heteroatoms. The maximum atomic E-state index is 13.2. The van der Waals surface area contributed by atoms with Gasteiger partial charge in [0.1, 0.15) is 12.4 Å². The molecule has 1 atom stereocenters. The molecule has 0 saturated carbocycles. The highest BCUT2D eigenvalue weighted by Crippen LogP contribution is 2.38. The molecule has 0 spiro atoms. The Hall–Kier alpha value is -2.03. The van der Waals surface area contributed by atoms with Crippen molar-refractivity contribution in [2.45, 2.75) is 44.9 Å². The van der Waals surface area contributed by atoms with Crippen molar-refractivity contribution >= 4 is 0 Å². The fraction of sp³-hybridized carbons (Fsp3) is 0.571. The van der Waals surface area contributed by atoms with E-state index in [-0.39, 0.29) is 30.3 Å². The zero-order valence-corrected chi connectivity index (χ0v) is 12.6. The first kappa shape index (κ1) is 15.9. The van der Waals surface area contributed by atoms with E-state index >= 15 is 0 Å². The minimum absolute atomic E-state index is 0.130. The minimum Gasteiger partial charge on any atom is -0.377 e. The number of alkyl halides is 3. The van der Waals surface area contributed by atoms with Gasteiger partial charge in [-0.25, -0.2) is 9.97 Å². The Morgan fingerprint density at radius 3 is 2.74 bits per heavy atom. The summed E-state index contributed by atoms with van der Waals surface area (Å²) in [6.07, 6.45) is -3.33. The van der Waals surface area contributed by atoms with Gasteiger partial charge in [-0.05, 0) is 26.2 Å². The Labute approximate surface area is 130 Å². The van der Waals surface area contributed by atoms with Crippen molar-refractivity contribution in [1.29, 1.82) is 0 Å². The first-order chi connectivity index (χ1) is 10.9. The average Bonchev–Trinajstić information content (AvgIpc) is 2.94. The lowest BCUT2D eigenvalue weighted by Crippen LogP contribution is -2.22. The summed E-state index contributed by atoms with van der Waals surface area (Å²) in [7, 11) is 1.50. The zero-order valence-electron chi connectivity index (χ0n) is 12.6. The number of aromatic nitrogens is 4. The van der Waals surface area contributed by atoms with E-state index in [9.17, 15) is 13.2 Å². The summed E-state index contributed by atoms with van der Waals surface area (Å²) >= 11 is 0. The summed E-state index contributed by atoms with van der Waals surface area (Å²) in [4.78, 5) is 11.9. The second-order valence-electron chi connectivity index (χ2n) is 5.46. The van der Waals surface area contributed by atoms with E-state index in [1.807, 2.05) is 0 Å². The van der Waals surface area contributed by atoms with Crippen LogP contribution in [0.1, 0.15) is 46.8 Å².